The number of carbonyl (C=O) groups is 2. The molecule has 0 saturated carbocycles. The molecule has 0 N–H and O–H groups in total. The van der Waals surface area contributed by atoms with E-state index in [0.717, 1.165) is 0 Å². The van der Waals surface area contributed by atoms with E-state index in [-0.39, 0.29) is 18.2 Å². The maximum Gasteiger partial charge on any atom is 0.361 e. The van der Waals surface area contributed by atoms with Crippen molar-refractivity contribution < 1.29 is 14.3 Å². The van der Waals surface area contributed by atoms with Gasteiger partial charge in [0.25, 0.3) is 0 Å². The average molecular weight is 266 g/mol. The highest BCUT2D eigenvalue weighted by molar-refractivity contribution is 5.88. The quantitative estimate of drug-likeness (QED) is 0.575. The maximum absolute atomic E-state index is 11.9. The van der Waals surface area contributed by atoms with Gasteiger partial charge in [-0.15, -0.1) is 5.10 Å². The van der Waals surface area contributed by atoms with Crippen LogP contribution >= 0.6 is 0 Å². The van der Waals surface area contributed by atoms with E-state index in [4.69, 9.17) is 4.74 Å². The summed E-state index contributed by atoms with van der Waals surface area (Å²) < 4.78 is 6.30. The van der Waals surface area contributed by atoms with Gasteiger partial charge in [-0.3, -0.25) is 4.79 Å². The number of ether oxygens (including phenoxy) is 1. The smallest absolute Gasteiger partial charge is 0.361 e. The molecule has 0 bridgehead atoms. The lowest BCUT2D eigenvalue weighted by Crippen LogP contribution is -2.31. The van der Waals surface area contributed by atoms with E-state index in [1.807, 2.05) is 0 Å². The fraction of sp³-hybridized carbons (Fsp3) is 0.500. The third-order valence-corrected chi connectivity index (χ3v) is 2.62. The van der Waals surface area contributed by atoms with Gasteiger partial charge in [0.2, 0.25) is 5.91 Å². The predicted octanol–water partition coefficient (Wildman–Crippen LogP) is 0.579. The number of amides is 1. The lowest BCUT2D eigenvalue weighted by molar-refractivity contribution is -0.132. The Morgan fingerprint density at radius 2 is 2.16 bits per heavy atom. The topological polar surface area (TPSA) is 77.3 Å². The Labute approximate surface area is 111 Å². The molecule has 0 aliphatic carbocycles. The molecule has 104 valence electrons. The number of rotatable bonds is 5. The minimum absolute atomic E-state index is 0.108. The van der Waals surface area contributed by atoms with Crippen LogP contribution in [0.4, 0.5) is 0 Å². The van der Waals surface area contributed by atoms with E-state index in [1.165, 1.54) is 15.7 Å². The molecule has 1 heterocycles. The third-order valence-electron chi connectivity index (χ3n) is 2.62. The van der Waals surface area contributed by atoms with Crippen molar-refractivity contribution in [2.24, 2.45) is 0 Å². The first-order valence-corrected chi connectivity index (χ1v) is 5.81. The zero-order valence-electron chi connectivity index (χ0n) is 11.6. The molecule has 0 aliphatic rings. The van der Waals surface area contributed by atoms with Crippen molar-refractivity contribution in [3.8, 4) is 0 Å². The van der Waals surface area contributed by atoms with Crippen molar-refractivity contribution in [1.29, 1.82) is 0 Å². The minimum atomic E-state index is -0.576. The number of likely N-dealkylation sites (N-methyl/N-ethyl adjacent to an activating group) is 1. The van der Waals surface area contributed by atoms with Crippen LogP contribution in [0.25, 0.3) is 0 Å². The zero-order chi connectivity index (χ0) is 14.6. The van der Waals surface area contributed by atoms with Crippen molar-refractivity contribution in [3.63, 3.8) is 0 Å². The third kappa shape index (κ3) is 3.18. The molecule has 1 rings (SSSR count). The Balaban J connectivity index is 2.95. The Bertz CT molecular complexity index is 493. The summed E-state index contributed by atoms with van der Waals surface area (Å²) in [6, 6.07) is -0.525. The van der Waals surface area contributed by atoms with Gasteiger partial charge in [-0.1, -0.05) is 17.9 Å². The Kier molecular flexibility index (Phi) is 4.80. The molecule has 0 spiro atoms. The number of nitrogens with zero attached hydrogens (tertiary/aromatic N) is 4. The number of esters is 1. The van der Waals surface area contributed by atoms with Crippen molar-refractivity contribution in [2.45, 2.75) is 19.9 Å². The van der Waals surface area contributed by atoms with E-state index in [2.05, 4.69) is 16.9 Å². The molecular formula is C12H18N4O3. The Morgan fingerprint density at radius 1 is 1.53 bits per heavy atom. The highest BCUT2D eigenvalue weighted by Crippen LogP contribution is 2.13. The van der Waals surface area contributed by atoms with Crippen LogP contribution in [0.2, 0.25) is 0 Å². The van der Waals surface area contributed by atoms with Crippen molar-refractivity contribution in [2.75, 3.05) is 20.7 Å². The van der Waals surface area contributed by atoms with Crippen LogP contribution in [-0.4, -0.2) is 52.5 Å². The van der Waals surface area contributed by atoms with Gasteiger partial charge in [-0.2, -0.15) is 0 Å². The second kappa shape index (κ2) is 6.12. The van der Waals surface area contributed by atoms with Gasteiger partial charge < -0.3 is 9.64 Å². The van der Waals surface area contributed by atoms with Crippen LogP contribution in [-0.2, 0) is 9.53 Å². The number of hydrogen-bond acceptors (Lipinski definition) is 5. The lowest BCUT2D eigenvalue weighted by Gasteiger charge is -2.17. The fourth-order valence-electron chi connectivity index (χ4n) is 1.58. The van der Waals surface area contributed by atoms with Crippen LogP contribution in [0.5, 0.6) is 0 Å². The van der Waals surface area contributed by atoms with Gasteiger partial charge in [0.1, 0.15) is 12.6 Å². The molecule has 0 aromatic carbocycles. The summed E-state index contributed by atoms with van der Waals surface area (Å²) in [6.07, 6.45) is 1.47. The van der Waals surface area contributed by atoms with Crippen LogP contribution in [0, 0.1) is 6.92 Å². The van der Waals surface area contributed by atoms with Crippen LogP contribution in [0.3, 0.4) is 0 Å². The summed E-state index contributed by atoms with van der Waals surface area (Å²) in [6.45, 7) is 6.93. The van der Waals surface area contributed by atoms with Crippen LogP contribution in [0.1, 0.15) is 29.1 Å². The first kappa shape index (κ1) is 14.9. The van der Waals surface area contributed by atoms with Gasteiger partial charge in [0.15, 0.2) is 5.69 Å². The van der Waals surface area contributed by atoms with Crippen LogP contribution in [0.15, 0.2) is 12.7 Å². The van der Waals surface area contributed by atoms with E-state index in [1.54, 1.807) is 27.9 Å². The minimum Gasteiger partial charge on any atom is -0.457 e. The number of aromatic nitrogens is 3. The first-order chi connectivity index (χ1) is 8.90. The van der Waals surface area contributed by atoms with Gasteiger partial charge in [-0.05, 0) is 13.8 Å². The summed E-state index contributed by atoms with van der Waals surface area (Å²) in [4.78, 5) is 25.0. The molecule has 0 saturated heterocycles. The summed E-state index contributed by atoms with van der Waals surface area (Å²) in [7, 11) is 3.31. The molecule has 1 amide bonds. The zero-order valence-corrected chi connectivity index (χ0v) is 11.6. The molecule has 1 aromatic rings. The molecular weight excluding hydrogens is 248 g/mol. The predicted molar refractivity (Wildman–Crippen MR) is 68.6 cm³/mol. The molecule has 0 aliphatic heterocycles. The fourth-order valence-corrected chi connectivity index (χ4v) is 1.58. The summed E-state index contributed by atoms with van der Waals surface area (Å²) in [5, 5.41) is 7.61. The van der Waals surface area contributed by atoms with E-state index < -0.39 is 12.0 Å². The average Bonchev–Trinajstić information content (AvgIpc) is 2.75. The van der Waals surface area contributed by atoms with Crippen molar-refractivity contribution in [3.05, 3.63) is 24.0 Å². The molecule has 7 heteroatoms. The highest BCUT2D eigenvalue weighted by atomic mass is 16.5. The van der Waals surface area contributed by atoms with Crippen molar-refractivity contribution >= 4 is 11.9 Å². The summed E-state index contributed by atoms with van der Waals surface area (Å²) in [5.41, 5.74) is 0.608. The standard InChI is InChI=1S/C12H18N4O3/c1-6-7-19-12(18)10-8(2)16(14-13-10)9(3)11(17)15(4)5/h6,9H,1,7H2,2-5H3. The van der Waals surface area contributed by atoms with Gasteiger partial charge in [0, 0.05) is 14.1 Å². The second-order valence-corrected chi connectivity index (χ2v) is 4.26. The SMILES string of the molecule is C=CCOC(=O)c1nnn(C(C)C(=O)N(C)C)c1C. The highest BCUT2D eigenvalue weighted by Gasteiger charge is 2.24. The normalized spacial score (nSPS) is 11.8. The maximum atomic E-state index is 11.9. The second-order valence-electron chi connectivity index (χ2n) is 4.26. The Hall–Kier alpha value is -2.18. The number of hydrogen-bond donors (Lipinski definition) is 0. The Morgan fingerprint density at radius 3 is 2.68 bits per heavy atom. The summed E-state index contributed by atoms with van der Waals surface area (Å²) >= 11 is 0. The molecule has 0 fully saturated rings. The summed E-state index contributed by atoms with van der Waals surface area (Å²) in [5.74, 6) is -0.702. The van der Waals surface area contributed by atoms with Crippen molar-refractivity contribution in [1.82, 2.24) is 19.9 Å². The van der Waals surface area contributed by atoms with E-state index >= 15 is 0 Å². The van der Waals surface area contributed by atoms with Gasteiger partial charge >= 0.3 is 5.97 Å². The molecule has 1 aromatic heterocycles. The largest absolute Gasteiger partial charge is 0.457 e. The van der Waals surface area contributed by atoms with E-state index in [9.17, 15) is 9.59 Å². The first-order valence-electron chi connectivity index (χ1n) is 5.81. The lowest BCUT2D eigenvalue weighted by atomic mass is 10.2. The molecule has 19 heavy (non-hydrogen) atoms. The monoisotopic (exact) mass is 266 g/mol. The van der Waals surface area contributed by atoms with Crippen LogP contribution < -0.4 is 0 Å². The molecule has 1 unspecified atom stereocenters. The van der Waals surface area contributed by atoms with E-state index in [0.29, 0.717) is 5.69 Å². The molecule has 7 nitrogen and oxygen atoms in total. The number of carbonyl (C=O) groups excluding carboxylic acids is 2. The molecule has 0 radical (unpaired) electrons. The van der Waals surface area contributed by atoms with Gasteiger partial charge in [0.05, 0.1) is 5.69 Å². The molecule has 1 atom stereocenters. The van der Waals surface area contributed by atoms with Gasteiger partial charge in [-0.25, -0.2) is 9.48 Å².